The molecule has 3 aromatic carbocycles. The number of primary amides is 1. The lowest BCUT2D eigenvalue weighted by molar-refractivity contribution is -0.164. The van der Waals surface area contributed by atoms with Crippen molar-refractivity contribution in [2.45, 2.75) is 32.0 Å². The van der Waals surface area contributed by atoms with Crippen LogP contribution < -0.4 is 16.4 Å². The van der Waals surface area contributed by atoms with Gasteiger partial charge in [-0.2, -0.15) is 0 Å². The standard InChI is InChI=1S/C32H31N3O8/c1-12-15-10-11-18(35-32(43)34-17-9-5-7-14-6-3-4-8-16(14)17)26(37)21(15)28(39)22-19(12)27(38)20-13(2)25(36)24(31(33)42)30(41)23(20)29(22)40/h3-13,19-20,23-25,27,36-39H,1-2H3,(H2,33,42)(H2,34,35,43)/t12-,13-,19?,20?,23?,24?,25?,27-/m0/s1. The fourth-order valence-corrected chi connectivity index (χ4v) is 7.34. The predicted molar refractivity (Wildman–Crippen MR) is 157 cm³/mol. The van der Waals surface area contributed by atoms with Gasteiger partial charge in [0.25, 0.3) is 0 Å². The Hall–Kier alpha value is -4.74. The molecule has 5 unspecified atom stereocenters. The number of carbonyl (C=O) groups excluding carboxylic acids is 4. The third-order valence-electron chi connectivity index (χ3n) is 9.45. The lowest BCUT2D eigenvalue weighted by Gasteiger charge is -2.51. The molecule has 222 valence electrons. The number of aliphatic hydroxyl groups is 3. The van der Waals surface area contributed by atoms with Gasteiger partial charge < -0.3 is 36.8 Å². The summed E-state index contributed by atoms with van der Waals surface area (Å²) < 4.78 is 0. The summed E-state index contributed by atoms with van der Waals surface area (Å²) in [4.78, 5) is 52.2. The number of amides is 3. The Bertz CT molecular complexity index is 1740. The molecular formula is C32H31N3O8. The first kappa shape index (κ1) is 28.4. The molecule has 3 amide bonds. The van der Waals surface area contributed by atoms with Crippen molar-refractivity contribution in [2.75, 3.05) is 10.6 Å². The number of nitrogens with two attached hydrogens (primary N) is 1. The summed E-state index contributed by atoms with van der Waals surface area (Å²) in [6.07, 6.45) is -2.81. The first-order valence-corrected chi connectivity index (χ1v) is 14.0. The van der Waals surface area contributed by atoms with Crippen LogP contribution in [0.5, 0.6) is 5.75 Å². The largest absolute Gasteiger partial charge is 0.507 e. The van der Waals surface area contributed by atoms with Crippen LogP contribution in [0.25, 0.3) is 16.5 Å². The molecule has 3 aromatic rings. The summed E-state index contributed by atoms with van der Waals surface area (Å²) >= 11 is 0. The Morgan fingerprint density at radius 2 is 1.53 bits per heavy atom. The number of phenolic OH excluding ortho intramolecular Hbond substituents is 1. The number of hydrogen-bond acceptors (Lipinski definition) is 8. The van der Waals surface area contributed by atoms with Gasteiger partial charge in [-0.15, -0.1) is 0 Å². The van der Waals surface area contributed by atoms with Crippen LogP contribution in [0.1, 0.15) is 30.9 Å². The lowest BCUT2D eigenvalue weighted by Crippen LogP contribution is -2.62. The van der Waals surface area contributed by atoms with Crippen LogP contribution in [0.15, 0.2) is 60.2 Å². The number of rotatable bonds is 3. The van der Waals surface area contributed by atoms with Crippen molar-refractivity contribution in [3.05, 3.63) is 71.3 Å². The molecule has 0 saturated heterocycles. The number of benzene rings is 3. The Kier molecular flexibility index (Phi) is 6.74. The topological polar surface area (TPSA) is 199 Å². The van der Waals surface area contributed by atoms with Crippen LogP contribution in [0.2, 0.25) is 0 Å². The van der Waals surface area contributed by atoms with E-state index in [9.17, 15) is 39.6 Å². The van der Waals surface area contributed by atoms with Crippen molar-refractivity contribution < 1.29 is 39.6 Å². The summed E-state index contributed by atoms with van der Waals surface area (Å²) in [5.41, 5.74) is 5.93. The van der Waals surface area contributed by atoms with E-state index in [0.29, 0.717) is 11.3 Å². The molecule has 0 radical (unpaired) electrons. The van der Waals surface area contributed by atoms with E-state index >= 15 is 0 Å². The van der Waals surface area contributed by atoms with Crippen LogP contribution >= 0.6 is 0 Å². The van der Waals surface area contributed by atoms with E-state index in [1.54, 1.807) is 32.0 Å². The minimum Gasteiger partial charge on any atom is -0.507 e. The van der Waals surface area contributed by atoms with Gasteiger partial charge in [0.2, 0.25) is 5.91 Å². The summed E-state index contributed by atoms with van der Waals surface area (Å²) in [6.45, 7) is 3.26. The molecule has 0 aromatic heterocycles. The van der Waals surface area contributed by atoms with Gasteiger partial charge in [-0.3, -0.25) is 14.4 Å². The molecule has 8 atom stereocenters. The monoisotopic (exact) mass is 585 g/mol. The van der Waals surface area contributed by atoms with Crippen molar-refractivity contribution in [1.29, 1.82) is 0 Å². The van der Waals surface area contributed by atoms with E-state index < -0.39 is 82.7 Å². The van der Waals surface area contributed by atoms with Gasteiger partial charge >= 0.3 is 6.03 Å². The fraction of sp³-hybridized carbons (Fsp3) is 0.312. The number of anilines is 2. The number of nitrogens with one attached hydrogen (secondary N) is 2. The fourth-order valence-electron chi connectivity index (χ4n) is 7.34. The summed E-state index contributed by atoms with van der Waals surface area (Å²) in [5, 5.41) is 52.0. The minimum absolute atomic E-state index is 0.0461. The zero-order chi connectivity index (χ0) is 30.9. The zero-order valence-corrected chi connectivity index (χ0v) is 23.3. The highest BCUT2D eigenvalue weighted by Gasteiger charge is 2.61. The number of aromatic hydroxyl groups is 1. The Morgan fingerprint density at radius 1 is 0.860 bits per heavy atom. The van der Waals surface area contributed by atoms with E-state index in [2.05, 4.69) is 10.6 Å². The van der Waals surface area contributed by atoms with Gasteiger partial charge in [-0.05, 0) is 34.9 Å². The first-order valence-electron chi connectivity index (χ1n) is 14.0. The number of carbonyl (C=O) groups is 4. The highest BCUT2D eigenvalue weighted by Crippen LogP contribution is 2.55. The number of aliphatic hydroxyl groups excluding tert-OH is 3. The van der Waals surface area contributed by atoms with Gasteiger partial charge in [0.15, 0.2) is 11.6 Å². The average Bonchev–Trinajstić information content (AvgIpc) is 2.96. The van der Waals surface area contributed by atoms with E-state index in [4.69, 9.17) is 5.73 Å². The maximum Gasteiger partial charge on any atom is 0.323 e. The normalized spacial score (nSPS) is 29.9. The van der Waals surface area contributed by atoms with E-state index in [1.807, 2.05) is 30.3 Å². The number of ketones is 2. The number of urea groups is 1. The van der Waals surface area contributed by atoms with Crippen LogP contribution in [-0.2, 0) is 14.4 Å². The maximum atomic E-state index is 13.9. The molecule has 3 aliphatic rings. The van der Waals surface area contributed by atoms with Crippen LogP contribution in [0.3, 0.4) is 0 Å². The highest BCUT2D eigenvalue weighted by molar-refractivity contribution is 6.19. The molecule has 11 nitrogen and oxygen atoms in total. The van der Waals surface area contributed by atoms with Gasteiger partial charge in [0, 0.05) is 22.8 Å². The van der Waals surface area contributed by atoms with Gasteiger partial charge in [0.05, 0.1) is 35.1 Å². The molecule has 0 aliphatic heterocycles. The molecule has 3 aliphatic carbocycles. The van der Waals surface area contributed by atoms with Crippen molar-refractivity contribution in [1.82, 2.24) is 0 Å². The number of Topliss-reactive ketones (excluding diaryl/α,β-unsaturated/α-hetero) is 2. The number of hydrogen-bond donors (Lipinski definition) is 7. The summed E-state index contributed by atoms with van der Waals surface area (Å²) in [7, 11) is 0. The molecule has 2 saturated carbocycles. The van der Waals surface area contributed by atoms with E-state index in [0.717, 1.165) is 10.8 Å². The van der Waals surface area contributed by atoms with Crippen LogP contribution in [0.4, 0.5) is 16.2 Å². The second-order valence-corrected chi connectivity index (χ2v) is 11.7. The number of phenols is 1. The summed E-state index contributed by atoms with van der Waals surface area (Å²) in [5.74, 6) is -10.5. The lowest BCUT2D eigenvalue weighted by atomic mass is 9.53. The number of fused-ring (bicyclic) bond motifs is 4. The second-order valence-electron chi connectivity index (χ2n) is 11.7. The first-order chi connectivity index (χ1) is 20.4. The molecular weight excluding hydrogens is 554 g/mol. The average molecular weight is 586 g/mol. The van der Waals surface area contributed by atoms with Gasteiger partial charge in [0.1, 0.15) is 17.4 Å². The zero-order valence-electron chi connectivity index (χ0n) is 23.3. The summed E-state index contributed by atoms with van der Waals surface area (Å²) in [6, 6.07) is 15.3. The highest BCUT2D eigenvalue weighted by atomic mass is 16.3. The third kappa shape index (κ3) is 4.18. The molecule has 8 N–H and O–H groups in total. The van der Waals surface area contributed by atoms with Crippen molar-refractivity contribution in [3.8, 4) is 5.75 Å². The molecule has 0 spiro atoms. The molecule has 2 fully saturated rings. The van der Waals surface area contributed by atoms with E-state index in [-0.39, 0.29) is 16.8 Å². The second kappa shape index (κ2) is 10.2. The Balaban J connectivity index is 1.37. The molecule has 0 heterocycles. The third-order valence-corrected chi connectivity index (χ3v) is 9.45. The van der Waals surface area contributed by atoms with Crippen molar-refractivity contribution >= 4 is 51.4 Å². The molecule has 11 heteroatoms. The SMILES string of the molecule is C[C@@H]1C(O)C(C(N)=O)C(=O)C2C(=O)C3=C(O)c4c(ccc(NC(=O)Nc5cccc6ccccc56)c4O)[C@H](C)C3[C@H](O)C21. The molecule has 0 bridgehead atoms. The minimum atomic E-state index is -1.63. The Morgan fingerprint density at radius 3 is 2.26 bits per heavy atom. The molecule has 6 rings (SSSR count). The van der Waals surface area contributed by atoms with E-state index in [1.165, 1.54) is 6.07 Å². The maximum absolute atomic E-state index is 13.9. The van der Waals surface area contributed by atoms with Crippen LogP contribution in [0, 0.1) is 29.6 Å². The van der Waals surface area contributed by atoms with Crippen molar-refractivity contribution in [3.63, 3.8) is 0 Å². The smallest absolute Gasteiger partial charge is 0.323 e. The van der Waals surface area contributed by atoms with Crippen LogP contribution in [-0.4, -0.2) is 56.1 Å². The van der Waals surface area contributed by atoms with Crippen molar-refractivity contribution in [2.24, 2.45) is 35.3 Å². The molecule has 43 heavy (non-hydrogen) atoms. The Labute approximate surface area is 246 Å². The predicted octanol–water partition coefficient (Wildman–Crippen LogP) is 3.05. The van der Waals surface area contributed by atoms with Gasteiger partial charge in [-0.1, -0.05) is 56.3 Å². The van der Waals surface area contributed by atoms with Gasteiger partial charge in [-0.25, -0.2) is 4.79 Å². The quantitative estimate of drug-likeness (QED) is 0.180.